The molecule has 1 fully saturated rings. The highest BCUT2D eigenvalue weighted by Crippen LogP contribution is 2.28. The fourth-order valence-corrected chi connectivity index (χ4v) is 3.87. The van der Waals surface area contributed by atoms with Crippen LogP contribution in [0.25, 0.3) is 16.9 Å². The number of nitrogens with one attached hydrogen (secondary N) is 1. The van der Waals surface area contributed by atoms with E-state index in [1.54, 1.807) is 17.9 Å². The van der Waals surface area contributed by atoms with E-state index >= 15 is 0 Å². The summed E-state index contributed by atoms with van der Waals surface area (Å²) in [5, 5.41) is 0. The summed E-state index contributed by atoms with van der Waals surface area (Å²) in [4.78, 5) is 33.3. The number of benzene rings is 1. The monoisotopic (exact) mass is 403 g/mol. The predicted octanol–water partition coefficient (Wildman–Crippen LogP) is 1.84. The van der Waals surface area contributed by atoms with Gasteiger partial charge in [-0.05, 0) is 24.3 Å². The maximum Gasteiger partial charge on any atom is 0.332 e. The Balaban J connectivity index is 1.45. The summed E-state index contributed by atoms with van der Waals surface area (Å²) in [6.07, 6.45) is 3.29. The molecule has 1 aromatic carbocycles. The number of hydrogen-bond acceptors (Lipinski definition) is 7. The van der Waals surface area contributed by atoms with Gasteiger partial charge in [-0.2, -0.15) is 0 Å². The maximum atomic E-state index is 12.7. The molecule has 3 aromatic heterocycles. The topological polar surface area (TPSA) is 92.2 Å². The number of methoxy groups -OCH3 is 1. The van der Waals surface area contributed by atoms with Crippen molar-refractivity contribution in [3.8, 4) is 11.4 Å². The zero-order chi connectivity index (χ0) is 20.5. The van der Waals surface area contributed by atoms with E-state index < -0.39 is 0 Å². The fourth-order valence-electron chi connectivity index (χ4n) is 3.87. The molecule has 9 heteroatoms. The number of fused-ring (bicyclic) bond motifs is 1. The Hall–Kier alpha value is -3.88. The number of pyridine rings is 1. The number of piperazine rings is 1. The third-order valence-electron chi connectivity index (χ3n) is 5.32. The van der Waals surface area contributed by atoms with Gasteiger partial charge in [-0.25, -0.2) is 24.3 Å². The second-order valence-electron chi connectivity index (χ2n) is 7.00. The number of para-hydroxylation sites is 1. The van der Waals surface area contributed by atoms with Gasteiger partial charge in [0, 0.05) is 32.4 Å². The second-order valence-corrected chi connectivity index (χ2v) is 7.00. The van der Waals surface area contributed by atoms with E-state index in [2.05, 4.69) is 29.7 Å². The van der Waals surface area contributed by atoms with Crippen molar-refractivity contribution in [1.29, 1.82) is 0 Å². The van der Waals surface area contributed by atoms with Crippen LogP contribution in [-0.2, 0) is 0 Å². The first-order valence-electron chi connectivity index (χ1n) is 9.76. The first kappa shape index (κ1) is 18.2. The molecule has 1 aliphatic rings. The van der Waals surface area contributed by atoms with Gasteiger partial charge in [-0.1, -0.05) is 18.2 Å². The number of nitrogens with zero attached hydrogens (tertiary/aromatic N) is 6. The summed E-state index contributed by atoms with van der Waals surface area (Å²) >= 11 is 0. The summed E-state index contributed by atoms with van der Waals surface area (Å²) < 4.78 is 7.02. The zero-order valence-corrected chi connectivity index (χ0v) is 16.5. The molecule has 0 unspecified atom stereocenters. The average molecular weight is 403 g/mol. The van der Waals surface area contributed by atoms with E-state index in [1.165, 1.54) is 6.33 Å². The molecule has 0 amide bonds. The van der Waals surface area contributed by atoms with E-state index in [9.17, 15) is 4.79 Å². The first-order chi connectivity index (χ1) is 14.8. The summed E-state index contributed by atoms with van der Waals surface area (Å²) in [5.74, 6) is 2.34. The van der Waals surface area contributed by atoms with E-state index in [-0.39, 0.29) is 5.69 Å². The molecule has 4 heterocycles. The van der Waals surface area contributed by atoms with Crippen molar-refractivity contribution >= 4 is 22.8 Å². The molecule has 0 aliphatic carbocycles. The third-order valence-corrected chi connectivity index (χ3v) is 5.32. The summed E-state index contributed by atoms with van der Waals surface area (Å²) in [7, 11) is 1.65. The van der Waals surface area contributed by atoms with Gasteiger partial charge in [0.2, 0.25) is 0 Å². The number of ether oxygens (including phenoxy) is 1. The largest absolute Gasteiger partial charge is 0.493 e. The molecule has 0 radical (unpaired) electrons. The van der Waals surface area contributed by atoms with Crippen LogP contribution in [0.1, 0.15) is 0 Å². The van der Waals surface area contributed by atoms with Crippen molar-refractivity contribution < 1.29 is 4.74 Å². The van der Waals surface area contributed by atoms with Crippen LogP contribution in [-0.4, -0.2) is 57.8 Å². The molecule has 4 aromatic rings. The molecular weight excluding hydrogens is 382 g/mol. The lowest BCUT2D eigenvalue weighted by atomic mass is 10.2. The van der Waals surface area contributed by atoms with Gasteiger partial charge in [0.05, 0.1) is 12.8 Å². The SMILES string of the molecule is COc1cccnc1N1CCN(c2ncnc3c2[nH]c(=O)n3-c2ccccc2)CC1. The Morgan fingerprint density at radius 3 is 2.37 bits per heavy atom. The summed E-state index contributed by atoms with van der Waals surface area (Å²) in [6.45, 7) is 3.01. The van der Waals surface area contributed by atoms with Gasteiger partial charge >= 0.3 is 5.69 Å². The molecule has 152 valence electrons. The molecule has 1 saturated heterocycles. The third kappa shape index (κ3) is 3.04. The number of aromatic nitrogens is 5. The lowest BCUT2D eigenvalue weighted by molar-refractivity contribution is 0.411. The molecule has 1 aliphatic heterocycles. The predicted molar refractivity (Wildman–Crippen MR) is 115 cm³/mol. The highest BCUT2D eigenvalue weighted by atomic mass is 16.5. The van der Waals surface area contributed by atoms with Crippen LogP contribution in [0.15, 0.2) is 59.8 Å². The van der Waals surface area contributed by atoms with E-state index in [1.807, 2.05) is 42.5 Å². The van der Waals surface area contributed by atoms with Crippen LogP contribution in [0.3, 0.4) is 0 Å². The van der Waals surface area contributed by atoms with E-state index in [0.717, 1.165) is 49.3 Å². The van der Waals surface area contributed by atoms with Gasteiger partial charge < -0.3 is 19.5 Å². The smallest absolute Gasteiger partial charge is 0.332 e. The fraction of sp³-hybridized carbons (Fsp3) is 0.238. The number of imidazole rings is 1. The van der Waals surface area contributed by atoms with Gasteiger partial charge in [-0.15, -0.1) is 0 Å². The number of anilines is 2. The second kappa shape index (κ2) is 7.51. The summed E-state index contributed by atoms with van der Waals surface area (Å²) in [6, 6.07) is 13.3. The van der Waals surface area contributed by atoms with Crippen LogP contribution in [0.4, 0.5) is 11.6 Å². The van der Waals surface area contributed by atoms with Crippen LogP contribution < -0.4 is 20.2 Å². The normalized spacial score (nSPS) is 14.3. The lowest BCUT2D eigenvalue weighted by Gasteiger charge is -2.36. The molecule has 5 rings (SSSR count). The number of aromatic amines is 1. The Morgan fingerprint density at radius 2 is 1.63 bits per heavy atom. The molecule has 0 saturated carbocycles. The van der Waals surface area contributed by atoms with Crippen LogP contribution >= 0.6 is 0 Å². The van der Waals surface area contributed by atoms with Crippen molar-refractivity contribution in [3.63, 3.8) is 0 Å². The Morgan fingerprint density at radius 1 is 0.900 bits per heavy atom. The van der Waals surface area contributed by atoms with Crippen LogP contribution in [0.2, 0.25) is 0 Å². The Kier molecular flexibility index (Phi) is 4.55. The molecule has 9 nitrogen and oxygen atoms in total. The lowest BCUT2D eigenvalue weighted by Crippen LogP contribution is -2.47. The van der Waals surface area contributed by atoms with Crippen molar-refractivity contribution in [2.24, 2.45) is 0 Å². The Labute approximate surface area is 172 Å². The standard InChI is InChI=1S/C21H21N7O2/c1-30-16-8-5-9-22-18(16)26-10-12-27(13-11-26)19-17-20(24-14-23-19)28(21(29)25-17)15-6-3-2-4-7-15/h2-9,14H,10-13H2,1H3,(H,25,29). The zero-order valence-electron chi connectivity index (χ0n) is 16.5. The molecular formula is C21H21N7O2. The molecule has 1 N–H and O–H groups in total. The van der Waals surface area contributed by atoms with Crippen molar-refractivity contribution in [2.45, 2.75) is 0 Å². The maximum absolute atomic E-state index is 12.7. The highest BCUT2D eigenvalue weighted by molar-refractivity contribution is 5.84. The van der Waals surface area contributed by atoms with Crippen LogP contribution in [0, 0.1) is 0 Å². The molecule has 0 atom stereocenters. The quantitative estimate of drug-likeness (QED) is 0.556. The van der Waals surface area contributed by atoms with E-state index in [4.69, 9.17) is 4.74 Å². The number of H-pyrrole nitrogens is 1. The van der Waals surface area contributed by atoms with Crippen LogP contribution in [0.5, 0.6) is 5.75 Å². The Bertz CT molecular complexity index is 1230. The molecule has 0 bridgehead atoms. The van der Waals surface area contributed by atoms with Gasteiger partial charge in [-0.3, -0.25) is 0 Å². The van der Waals surface area contributed by atoms with Gasteiger partial charge in [0.25, 0.3) is 0 Å². The minimum absolute atomic E-state index is 0.227. The van der Waals surface area contributed by atoms with Crippen molar-refractivity contribution in [1.82, 2.24) is 24.5 Å². The summed E-state index contributed by atoms with van der Waals surface area (Å²) in [5.41, 5.74) is 1.76. The van der Waals surface area contributed by atoms with Gasteiger partial charge in [0.15, 0.2) is 23.0 Å². The number of rotatable bonds is 4. The first-order valence-corrected chi connectivity index (χ1v) is 9.76. The van der Waals surface area contributed by atoms with E-state index in [0.29, 0.717) is 11.2 Å². The van der Waals surface area contributed by atoms with Crippen molar-refractivity contribution in [3.05, 3.63) is 65.5 Å². The minimum Gasteiger partial charge on any atom is -0.493 e. The average Bonchev–Trinajstić information content (AvgIpc) is 3.15. The molecule has 0 spiro atoms. The minimum atomic E-state index is -0.227. The molecule has 30 heavy (non-hydrogen) atoms. The number of hydrogen-bond donors (Lipinski definition) is 1. The highest BCUT2D eigenvalue weighted by Gasteiger charge is 2.24. The van der Waals surface area contributed by atoms with Gasteiger partial charge in [0.1, 0.15) is 11.8 Å². The van der Waals surface area contributed by atoms with Crippen molar-refractivity contribution in [2.75, 3.05) is 43.1 Å².